The SMILES string of the molecule is CC1=NC(C)C(=O)OC1(C)C. The molecule has 1 atom stereocenters. The molecule has 1 aliphatic heterocycles. The minimum atomic E-state index is -0.510. The Morgan fingerprint density at radius 3 is 2.55 bits per heavy atom. The normalized spacial score (nSPS) is 29.3. The fourth-order valence-corrected chi connectivity index (χ4v) is 0.909. The Morgan fingerprint density at radius 1 is 1.55 bits per heavy atom. The summed E-state index contributed by atoms with van der Waals surface area (Å²) in [6, 6.07) is -0.331. The second-order valence-corrected chi connectivity index (χ2v) is 3.32. The number of aliphatic imine (C=N–C) groups is 1. The van der Waals surface area contributed by atoms with Crippen LogP contribution >= 0.6 is 0 Å². The minimum Gasteiger partial charge on any atom is -0.452 e. The van der Waals surface area contributed by atoms with Gasteiger partial charge in [0.1, 0.15) is 11.6 Å². The van der Waals surface area contributed by atoms with Gasteiger partial charge in [-0.3, -0.25) is 4.99 Å². The van der Waals surface area contributed by atoms with Gasteiger partial charge in [0.25, 0.3) is 0 Å². The molecule has 0 aromatic carbocycles. The number of hydrogen-bond acceptors (Lipinski definition) is 3. The topological polar surface area (TPSA) is 38.7 Å². The second-order valence-electron chi connectivity index (χ2n) is 3.32. The Bertz CT molecular complexity index is 218. The third-order valence-corrected chi connectivity index (χ3v) is 1.96. The van der Waals surface area contributed by atoms with E-state index in [2.05, 4.69) is 4.99 Å². The molecular formula is C8H13NO2. The average molecular weight is 155 g/mol. The summed E-state index contributed by atoms with van der Waals surface area (Å²) in [4.78, 5) is 15.2. The maximum atomic E-state index is 11.0. The van der Waals surface area contributed by atoms with Crippen LogP contribution in [0.1, 0.15) is 27.7 Å². The Balaban J connectivity index is 2.95. The first-order valence-corrected chi connectivity index (χ1v) is 3.71. The second kappa shape index (κ2) is 2.32. The van der Waals surface area contributed by atoms with E-state index in [1.807, 2.05) is 20.8 Å². The van der Waals surface area contributed by atoms with Crippen LogP contribution in [-0.2, 0) is 9.53 Å². The third-order valence-electron chi connectivity index (χ3n) is 1.96. The number of carbonyl (C=O) groups is 1. The van der Waals surface area contributed by atoms with Crippen molar-refractivity contribution in [1.82, 2.24) is 0 Å². The highest BCUT2D eigenvalue weighted by atomic mass is 16.6. The van der Waals surface area contributed by atoms with E-state index in [9.17, 15) is 4.79 Å². The molecule has 62 valence electrons. The molecule has 0 aromatic heterocycles. The standard InChI is InChI=1S/C8H13NO2/c1-5-7(10)11-8(3,4)6(2)9-5/h5H,1-4H3. The summed E-state index contributed by atoms with van der Waals surface area (Å²) < 4.78 is 5.13. The summed E-state index contributed by atoms with van der Waals surface area (Å²) in [5, 5.41) is 0. The Morgan fingerprint density at radius 2 is 2.09 bits per heavy atom. The van der Waals surface area contributed by atoms with Crippen molar-refractivity contribution in [1.29, 1.82) is 0 Å². The number of nitrogens with zero attached hydrogens (tertiary/aromatic N) is 1. The zero-order valence-electron chi connectivity index (χ0n) is 7.34. The van der Waals surface area contributed by atoms with Crippen molar-refractivity contribution < 1.29 is 9.53 Å². The lowest BCUT2D eigenvalue weighted by Crippen LogP contribution is -2.43. The molecule has 1 rings (SSSR count). The average Bonchev–Trinajstić information content (AvgIpc) is 1.83. The van der Waals surface area contributed by atoms with Gasteiger partial charge in [-0.25, -0.2) is 4.79 Å². The van der Waals surface area contributed by atoms with E-state index in [1.165, 1.54) is 0 Å². The molecular weight excluding hydrogens is 142 g/mol. The van der Waals surface area contributed by atoms with E-state index in [0.717, 1.165) is 5.71 Å². The summed E-state index contributed by atoms with van der Waals surface area (Å²) in [6.45, 7) is 7.30. The maximum Gasteiger partial charge on any atom is 0.331 e. The van der Waals surface area contributed by atoms with Gasteiger partial charge in [-0.1, -0.05) is 0 Å². The van der Waals surface area contributed by atoms with Crippen LogP contribution < -0.4 is 0 Å². The molecule has 1 heterocycles. The lowest BCUT2D eigenvalue weighted by atomic mass is 10.0. The summed E-state index contributed by atoms with van der Waals surface area (Å²) in [5.41, 5.74) is 0.369. The summed E-state index contributed by atoms with van der Waals surface area (Å²) in [5.74, 6) is -0.236. The number of esters is 1. The molecule has 1 aliphatic rings. The molecule has 0 amide bonds. The molecule has 11 heavy (non-hydrogen) atoms. The summed E-state index contributed by atoms with van der Waals surface area (Å²) >= 11 is 0. The fourth-order valence-electron chi connectivity index (χ4n) is 0.909. The van der Waals surface area contributed by atoms with Crippen molar-refractivity contribution in [3.63, 3.8) is 0 Å². The first kappa shape index (κ1) is 8.24. The number of rotatable bonds is 0. The molecule has 0 aromatic rings. The Labute approximate surface area is 66.5 Å². The number of hydrogen-bond donors (Lipinski definition) is 0. The van der Waals surface area contributed by atoms with Crippen LogP contribution in [0.5, 0.6) is 0 Å². The van der Waals surface area contributed by atoms with Crippen LogP contribution in [0.2, 0.25) is 0 Å². The van der Waals surface area contributed by atoms with Gasteiger partial charge in [0.05, 0.1) is 5.71 Å². The highest BCUT2D eigenvalue weighted by Gasteiger charge is 2.33. The predicted octanol–water partition coefficient (Wildman–Crippen LogP) is 1.17. The first-order valence-electron chi connectivity index (χ1n) is 3.71. The van der Waals surface area contributed by atoms with Gasteiger partial charge < -0.3 is 4.74 Å². The zero-order chi connectivity index (χ0) is 8.65. The van der Waals surface area contributed by atoms with Gasteiger partial charge in [0, 0.05) is 0 Å². The summed E-state index contributed by atoms with van der Waals surface area (Å²) in [7, 11) is 0. The van der Waals surface area contributed by atoms with Gasteiger partial charge in [-0.05, 0) is 27.7 Å². The van der Waals surface area contributed by atoms with Gasteiger partial charge in [-0.15, -0.1) is 0 Å². The fraction of sp³-hybridized carbons (Fsp3) is 0.750. The third kappa shape index (κ3) is 1.42. The van der Waals surface area contributed by atoms with Crippen molar-refractivity contribution >= 4 is 11.7 Å². The van der Waals surface area contributed by atoms with Crippen molar-refractivity contribution in [3.8, 4) is 0 Å². The van der Waals surface area contributed by atoms with Gasteiger partial charge in [0.2, 0.25) is 0 Å². The lowest BCUT2D eigenvalue weighted by Gasteiger charge is -2.30. The van der Waals surface area contributed by atoms with E-state index in [-0.39, 0.29) is 12.0 Å². The summed E-state index contributed by atoms with van der Waals surface area (Å²) in [6.07, 6.45) is 0. The van der Waals surface area contributed by atoms with Gasteiger partial charge in [-0.2, -0.15) is 0 Å². The molecule has 1 unspecified atom stereocenters. The molecule has 0 bridgehead atoms. The van der Waals surface area contributed by atoms with Crippen molar-refractivity contribution in [3.05, 3.63) is 0 Å². The van der Waals surface area contributed by atoms with Gasteiger partial charge in [0.15, 0.2) is 0 Å². The van der Waals surface area contributed by atoms with Crippen LogP contribution in [-0.4, -0.2) is 23.3 Å². The highest BCUT2D eigenvalue weighted by Crippen LogP contribution is 2.19. The number of carbonyl (C=O) groups excluding carboxylic acids is 1. The van der Waals surface area contributed by atoms with Crippen molar-refractivity contribution in [2.75, 3.05) is 0 Å². The van der Waals surface area contributed by atoms with Crippen LogP contribution in [0.4, 0.5) is 0 Å². The molecule has 0 radical (unpaired) electrons. The van der Waals surface area contributed by atoms with E-state index >= 15 is 0 Å². The molecule has 0 saturated heterocycles. The van der Waals surface area contributed by atoms with E-state index in [4.69, 9.17) is 4.74 Å². The van der Waals surface area contributed by atoms with Crippen LogP contribution in [0.3, 0.4) is 0 Å². The molecule has 0 spiro atoms. The maximum absolute atomic E-state index is 11.0. The first-order chi connectivity index (χ1) is 4.93. The van der Waals surface area contributed by atoms with E-state index in [0.29, 0.717) is 0 Å². The Hall–Kier alpha value is -0.860. The minimum absolute atomic E-state index is 0.236. The lowest BCUT2D eigenvalue weighted by molar-refractivity contribution is -0.153. The van der Waals surface area contributed by atoms with Crippen LogP contribution in [0.15, 0.2) is 4.99 Å². The van der Waals surface area contributed by atoms with E-state index < -0.39 is 5.60 Å². The Kier molecular flexibility index (Phi) is 1.74. The quantitative estimate of drug-likeness (QED) is 0.492. The monoisotopic (exact) mass is 155 g/mol. The smallest absolute Gasteiger partial charge is 0.331 e. The molecule has 0 fully saturated rings. The van der Waals surface area contributed by atoms with Crippen molar-refractivity contribution in [2.24, 2.45) is 4.99 Å². The highest BCUT2D eigenvalue weighted by molar-refractivity contribution is 5.96. The van der Waals surface area contributed by atoms with Crippen LogP contribution in [0.25, 0.3) is 0 Å². The molecule has 3 heteroatoms. The molecule has 0 N–H and O–H groups in total. The molecule has 0 aliphatic carbocycles. The van der Waals surface area contributed by atoms with E-state index in [1.54, 1.807) is 6.92 Å². The van der Waals surface area contributed by atoms with Gasteiger partial charge >= 0.3 is 5.97 Å². The zero-order valence-corrected chi connectivity index (χ0v) is 7.34. The molecule has 0 saturated carbocycles. The molecule has 3 nitrogen and oxygen atoms in total. The number of cyclic esters (lactones) is 1. The predicted molar refractivity (Wildman–Crippen MR) is 42.7 cm³/mol. The van der Waals surface area contributed by atoms with Crippen LogP contribution in [0, 0.1) is 0 Å². The number of ether oxygens (including phenoxy) is 1. The largest absolute Gasteiger partial charge is 0.452 e. The van der Waals surface area contributed by atoms with Crippen molar-refractivity contribution in [2.45, 2.75) is 39.3 Å².